The van der Waals surface area contributed by atoms with E-state index in [4.69, 9.17) is 19.9 Å². The number of hydrogen-bond donors (Lipinski definition) is 4. The van der Waals surface area contributed by atoms with Crippen molar-refractivity contribution in [3.8, 4) is 0 Å². The van der Waals surface area contributed by atoms with Gasteiger partial charge < -0.3 is 14.7 Å². The molecule has 0 bridgehead atoms. The predicted octanol–water partition coefficient (Wildman–Crippen LogP) is -0.963. The van der Waals surface area contributed by atoms with Crippen molar-refractivity contribution in [3.63, 3.8) is 0 Å². The van der Waals surface area contributed by atoms with Crippen LogP contribution < -0.4 is 0 Å². The SMILES string of the molecule is O=P(O)(O)OP(=O)(O)OO.[KH]. The Bertz CT molecular complexity index is 190. The fourth-order valence-electron chi connectivity index (χ4n) is 0.149. The molecule has 0 aliphatic rings. The third-order valence-electron chi connectivity index (χ3n) is 0.313. The van der Waals surface area contributed by atoms with E-state index >= 15 is 0 Å². The first-order chi connectivity index (χ1) is 4.27. The first-order valence-electron chi connectivity index (χ1n) is 1.70. The van der Waals surface area contributed by atoms with Crippen molar-refractivity contribution in [2.75, 3.05) is 0 Å². The Morgan fingerprint density at radius 2 is 1.45 bits per heavy atom. The van der Waals surface area contributed by atoms with Gasteiger partial charge in [-0.3, -0.25) is 0 Å². The Hall–Kier alpha value is 1.86. The summed E-state index contributed by atoms with van der Waals surface area (Å²) in [7, 11) is -10.1. The maximum absolute atomic E-state index is 9.97. The molecule has 0 amide bonds. The third-order valence-corrected chi connectivity index (χ3v) is 2.20. The second kappa shape index (κ2) is 5.56. The Morgan fingerprint density at radius 1 is 1.09 bits per heavy atom. The Labute approximate surface area is 104 Å². The van der Waals surface area contributed by atoms with Crippen molar-refractivity contribution in [1.29, 1.82) is 0 Å². The molecule has 4 N–H and O–H groups in total. The van der Waals surface area contributed by atoms with Crippen LogP contribution in [0, 0.1) is 0 Å². The molecule has 0 saturated heterocycles. The van der Waals surface area contributed by atoms with E-state index in [1.807, 2.05) is 0 Å². The fraction of sp³-hybridized carbons (Fsp3) is 0. The van der Waals surface area contributed by atoms with E-state index in [2.05, 4.69) is 8.99 Å². The molecule has 0 rings (SSSR count). The van der Waals surface area contributed by atoms with E-state index in [1.165, 1.54) is 0 Å². The van der Waals surface area contributed by atoms with Crippen molar-refractivity contribution >= 4 is 67.0 Å². The molecule has 0 aliphatic carbocycles. The number of rotatable bonds is 3. The van der Waals surface area contributed by atoms with Crippen molar-refractivity contribution < 1.29 is 38.1 Å². The summed E-state index contributed by atoms with van der Waals surface area (Å²) in [5.74, 6) is 0. The summed E-state index contributed by atoms with van der Waals surface area (Å²) in [5.41, 5.74) is 0. The van der Waals surface area contributed by atoms with Crippen molar-refractivity contribution in [2.45, 2.75) is 0 Å². The fourth-order valence-corrected chi connectivity index (χ4v) is 1.34. The summed E-state index contributed by atoms with van der Waals surface area (Å²) in [4.78, 5) is 23.7. The molecule has 0 aromatic carbocycles. The van der Waals surface area contributed by atoms with Crippen LogP contribution in [0.5, 0.6) is 0 Å². The molecule has 11 heteroatoms. The Balaban J connectivity index is 0. The molecule has 1 atom stereocenters. The Kier molecular flexibility index (Phi) is 7.75. The Morgan fingerprint density at radius 3 is 1.55 bits per heavy atom. The van der Waals surface area contributed by atoms with Crippen LogP contribution in [0.15, 0.2) is 0 Å². The summed E-state index contributed by atoms with van der Waals surface area (Å²) in [6.45, 7) is 0. The van der Waals surface area contributed by atoms with Gasteiger partial charge in [0.15, 0.2) is 0 Å². The molecule has 0 aliphatic heterocycles. The molecule has 64 valence electrons. The van der Waals surface area contributed by atoms with E-state index in [0.717, 1.165) is 0 Å². The maximum atomic E-state index is 9.97. The molecular weight excluding hydrogens is 229 g/mol. The molecular formula is H5KO8P2. The summed E-state index contributed by atoms with van der Waals surface area (Å²) < 4.78 is 25.5. The molecule has 11 heavy (non-hydrogen) atoms. The van der Waals surface area contributed by atoms with Gasteiger partial charge in [-0.25, -0.2) is 14.4 Å². The van der Waals surface area contributed by atoms with Crippen LogP contribution in [-0.4, -0.2) is 71.3 Å². The van der Waals surface area contributed by atoms with Gasteiger partial charge in [0.05, 0.1) is 0 Å². The zero-order valence-corrected chi connectivity index (χ0v) is 6.11. The monoisotopic (exact) mass is 234 g/mol. The number of hydrogen-bond acceptors (Lipinski definition) is 5. The van der Waals surface area contributed by atoms with Gasteiger partial charge in [0.25, 0.3) is 0 Å². The van der Waals surface area contributed by atoms with E-state index in [0.29, 0.717) is 0 Å². The minimum atomic E-state index is -5.10. The first kappa shape index (κ1) is 15.3. The zero-order chi connectivity index (χ0) is 8.41. The van der Waals surface area contributed by atoms with Gasteiger partial charge in [-0.1, -0.05) is 0 Å². The molecule has 0 aromatic rings. The van der Waals surface area contributed by atoms with Crippen LogP contribution >= 0.6 is 15.6 Å². The average Bonchev–Trinajstić information content (AvgIpc) is 1.60. The van der Waals surface area contributed by atoms with Gasteiger partial charge in [-0.05, 0) is 0 Å². The van der Waals surface area contributed by atoms with Crippen LogP contribution in [0.4, 0.5) is 0 Å². The van der Waals surface area contributed by atoms with Crippen molar-refractivity contribution in [2.24, 2.45) is 0 Å². The van der Waals surface area contributed by atoms with Crippen LogP contribution in [0.25, 0.3) is 0 Å². The quantitative estimate of drug-likeness (QED) is 0.212. The third kappa shape index (κ3) is 9.77. The van der Waals surface area contributed by atoms with Crippen molar-refractivity contribution in [1.82, 2.24) is 0 Å². The summed E-state index contributed by atoms with van der Waals surface area (Å²) in [5, 5.41) is 7.48. The van der Waals surface area contributed by atoms with Crippen LogP contribution in [0.2, 0.25) is 0 Å². The molecule has 1 unspecified atom stereocenters. The molecule has 0 fully saturated rings. The molecule has 0 aromatic heterocycles. The van der Waals surface area contributed by atoms with E-state index < -0.39 is 15.6 Å². The van der Waals surface area contributed by atoms with Crippen LogP contribution in [0.3, 0.4) is 0 Å². The van der Waals surface area contributed by atoms with Gasteiger partial charge >= 0.3 is 67.0 Å². The second-order valence-electron chi connectivity index (χ2n) is 1.12. The van der Waals surface area contributed by atoms with E-state index in [1.54, 1.807) is 0 Å². The average molecular weight is 234 g/mol. The molecule has 0 radical (unpaired) electrons. The van der Waals surface area contributed by atoms with Gasteiger partial charge in [-0.2, -0.15) is 4.31 Å². The van der Waals surface area contributed by atoms with Gasteiger partial charge in [0.1, 0.15) is 0 Å². The van der Waals surface area contributed by atoms with Crippen LogP contribution in [-0.2, 0) is 18.1 Å². The van der Waals surface area contributed by atoms with Gasteiger partial charge in [-0.15, -0.1) is 4.67 Å². The predicted molar refractivity (Wildman–Crippen MR) is 33.8 cm³/mol. The normalized spacial score (nSPS) is 16.7. The number of phosphoric acid groups is 2. The van der Waals surface area contributed by atoms with E-state index in [-0.39, 0.29) is 51.4 Å². The molecule has 0 spiro atoms. The summed E-state index contributed by atoms with van der Waals surface area (Å²) >= 11 is 0. The molecule has 0 heterocycles. The standard InChI is InChI=1S/K.H4O8P2.H/c;1-7-10(5,6)8-9(2,3)4;/h;1H,(H,5,6)(H2,2,3,4);. The second-order valence-corrected chi connectivity index (χ2v) is 3.86. The van der Waals surface area contributed by atoms with E-state index in [9.17, 15) is 9.13 Å². The van der Waals surface area contributed by atoms with Gasteiger partial charge in [0, 0.05) is 0 Å². The zero-order valence-electron chi connectivity index (χ0n) is 4.32. The summed E-state index contributed by atoms with van der Waals surface area (Å²) in [6.07, 6.45) is 0. The molecule has 8 nitrogen and oxygen atoms in total. The first-order valence-corrected chi connectivity index (χ1v) is 4.72. The van der Waals surface area contributed by atoms with Crippen LogP contribution in [0.1, 0.15) is 0 Å². The molecule has 0 saturated carbocycles. The minimum absolute atomic E-state index is 0. The topological polar surface area (TPSA) is 134 Å². The van der Waals surface area contributed by atoms with Gasteiger partial charge in [0.2, 0.25) is 0 Å². The van der Waals surface area contributed by atoms with Crippen molar-refractivity contribution in [3.05, 3.63) is 0 Å². The summed E-state index contributed by atoms with van der Waals surface area (Å²) in [6, 6.07) is 0.